The number of amides is 1. The van der Waals surface area contributed by atoms with Crippen molar-refractivity contribution in [1.82, 2.24) is 19.0 Å². The van der Waals surface area contributed by atoms with Gasteiger partial charge in [-0.3, -0.25) is 9.69 Å². The maximum absolute atomic E-state index is 13.5. The van der Waals surface area contributed by atoms with Crippen molar-refractivity contribution in [1.29, 1.82) is 0 Å². The summed E-state index contributed by atoms with van der Waals surface area (Å²) in [6.07, 6.45) is 10.9. The molecule has 0 atom stereocenters. The summed E-state index contributed by atoms with van der Waals surface area (Å²) < 4.78 is 30.5. The predicted octanol–water partition coefficient (Wildman–Crippen LogP) is 5.86. The number of hydrogen-bond donors (Lipinski definition) is 0. The summed E-state index contributed by atoms with van der Waals surface area (Å²) in [7, 11) is -3.58. The van der Waals surface area contributed by atoms with Crippen LogP contribution in [0.4, 0.5) is 0 Å². The highest BCUT2D eigenvalue weighted by atomic mass is 32.2. The average Bonchev–Trinajstić information content (AvgIpc) is 3.70. The smallest absolute Gasteiger partial charge is 0.266 e. The van der Waals surface area contributed by atoms with Gasteiger partial charge in [-0.1, -0.05) is 73.6 Å². The average molecular weight is 579 g/mol. The Labute approximate surface area is 238 Å². The molecule has 39 heavy (non-hydrogen) atoms. The zero-order chi connectivity index (χ0) is 27.0. The van der Waals surface area contributed by atoms with E-state index in [9.17, 15) is 13.2 Å². The lowest BCUT2D eigenvalue weighted by molar-refractivity contribution is -0.124. The third-order valence-corrected chi connectivity index (χ3v) is 10.8. The van der Waals surface area contributed by atoms with Gasteiger partial charge in [-0.15, -0.1) is 0 Å². The van der Waals surface area contributed by atoms with Crippen molar-refractivity contribution in [3.05, 3.63) is 71.3 Å². The Balaban J connectivity index is 1.40. The zero-order valence-corrected chi connectivity index (χ0v) is 24.0. The van der Waals surface area contributed by atoms with E-state index in [-0.39, 0.29) is 16.8 Å². The number of sulfonamides is 1. The van der Waals surface area contributed by atoms with E-state index in [1.54, 1.807) is 32.1 Å². The van der Waals surface area contributed by atoms with Crippen LogP contribution < -0.4 is 0 Å². The van der Waals surface area contributed by atoms with Crippen LogP contribution in [0.1, 0.15) is 50.5 Å². The first-order valence-corrected chi connectivity index (χ1v) is 16.1. The number of carbonyl (C=O) groups is 1. The fraction of sp³-hybridized carbons (Fsp3) is 0.345. The van der Waals surface area contributed by atoms with Gasteiger partial charge in [-0.25, -0.2) is 13.1 Å². The third-order valence-electron chi connectivity index (χ3n) is 7.62. The normalized spacial score (nSPS) is 20.4. The maximum atomic E-state index is 13.5. The van der Waals surface area contributed by atoms with Crippen LogP contribution in [0.3, 0.4) is 0 Å². The molecule has 0 spiro atoms. The first kappa shape index (κ1) is 26.4. The molecule has 0 radical (unpaired) electrons. The van der Waals surface area contributed by atoms with Crippen LogP contribution >= 0.6 is 24.0 Å². The second-order valence-corrected chi connectivity index (χ2v) is 13.8. The summed E-state index contributed by atoms with van der Waals surface area (Å²) in [5.41, 5.74) is 2.90. The SMILES string of the molecule is O=C1/C(=C/c2cn(-c3ccccc3)nc2-c2cccc(S(=O)(=O)N3CCCC3)c2)SC(=S)N1C1CCCCC1. The van der Waals surface area contributed by atoms with Crippen molar-refractivity contribution in [2.75, 3.05) is 13.1 Å². The zero-order valence-electron chi connectivity index (χ0n) is 21.5. The van der Waals surface area contributed by atoms with Gasteiger partial charge < -0.3 is 0 Å². The number of para-hydroxylation sites is 1. The number of rotatable bonds is 6. The molecular weight excluding hydrogens is 549 g/mol. The lowest BCUT2D eigenvalue weighted by atomic mass is 9.94. The molecule has 3 aromatic rings. The van der Waals surface area contributed by atoms with E-state index in [0.717, 1.165) is 49.8 Å². The van der Waals surface area contributed by atoms with E-state index in [4.69, 9.17) is 17.3 Å². The Hall–Kier alpha value is -2.79. The molecule has 7 nitrogen and oxygen atoms in total. The van der Waals surface area contributed by atoms with Crippen molar-refractivity contribution in [2.24, 2.45) is 0 Å². The van der Waals surface area contributed by atoms with E-state index in [2.05, 4.69) is 0 Å². The third kappa shape index (κ3) is 5.23. The number of thiocarbonyl (C=S) groups is 1. The largest absolute Gasteiger partial charge is 0.290 e. The molecule has 3 heterocycles. The van der Waals surface area contributed by atoms with Crippen molar-refractivity contribution in [3.8, 4) is 16.9 Å². The van der Waals surface area contributed by atoms with Crippen LogP contribution in [-0.2, 0) is 14.8 Å². The van der Waals surface area contributed by atoms with Crippen molar-refractivity contribution < 1.29 is 13.2 Å². The van der Waals surface area contributed by atoms with Gasteiger partial charge in [0.05, 0.1) is 15.5 Å². The maximum Gasteiger partial charge on any atom is 0.266 e. The summed E-state index contributed by atoms with van der Waals surface area (Å²) in [4.78, 5) is 16.1. The molecular formula is C29H30N4O3S3. The highest BCUT2D eigenvalue weighted by Gasteiger charge is 2.37. The molecule has 0 N–H and O–H groups in total. The van der Waals surface area contributed by atoms with Crippen LogP contribution in [0.15, 0.2) is 70.6 Å². The van der Waals surface area contributed by atoms with E-state index in [1.807, 2.05) is 48.7 Å². The second kappa shape index (κ2) is 11.0. The Morgan fingerprint density at radius 3 is 2.44 bits per heavy atom. The minimum Gasteiger partial charge on any atom is -0.290 e. The van der Waals surface area contributed by atoms with E-state index in [1.165, 1.54) is 18.2 Å². The molecule has 10 heteroatoms. The van der Waals surface area contributed by atoms with Crippen LogP contribution in [0.2, 0.25) is 0 Å². The number of carbonyl (C=O) groups excluding carboxylic acids is 1. The monoisotopic (exact) mass is 578 g/mol. The summed E-state index contributed by atoms with van der Waals surface area (Å²) >= 11 is 6.98. The number of benzene rings is 2. The molecule has 1 aromatic heterocycles. The van der Waals surface area contributed by atoms with Gasteiger partial charge in [0.25, 0.3) is 5.91 Å². The molecule has 2 saturated heterocycles. The first-order valence-electron chi connectivity index (χ1n) is 13.4. The molecule has 1 amide bonds. The minimum atomic E-state index is -3.58. The second-order valence-electron chi connectivity index (χ2n) is 10.2. The Bertz CT molecular complexity index is 1540. The molecule has 2 aliphatic heterocycles. The van der Waals surface area contributed by atoms with Crippen LogP contribution in [0.5, 0.6) is 0 Å². The van der Waals surface area contributed by atoms with Crippen LogP contribution in [-0.4, -0.2) is 56.8 Å². The summed E-state index contributed by atoms with van der Waals surface area (Å²) in [6, 6.07) is 16.8. The quantitative estimate of drug-likeness (QED) is 0.270. The Kier molecular flexibility index (Phi) is 7.45. The number of thioether (sulfide) groups is 1. The van der Waals surface area contributed by atoms with Crippen molar-refractivity contribution in [3.63, 3.8) is 0 Å². The molecule has 0 bridgehead atoms. The summed E-state index contributed by atoms with van der Waals surface area (Å²) in [5, 5.41) is 4.86. The topological polar surface area (TPSA) is 75.5 Å². The highest BCUT2D eigenvalue weighted by Crippen LogP contribution is 2.39. The summed E-state index contributed by atoms with van der Waals surface area (Å²) in [6.45, 7) is 1.09. The fourth-order valence-electron chi connectivity index (χ4n) is 5.59. The van der Waals surface area contributed by atoms with Gasteiger partial charge in [0.15, 0.2) is 0 Å². The number of aromatic nitrogens is 2. The molecule has 3 aliphatic rings. The van der Waals surface area contributed by atoms with Gasteiger partial charge in [-0.2, -0.15) is 9.40 Å². The lowest BCUT2D eigenvalue weighted by Crippen LogP contribution is -2.39. The molecule has 0 unspecified atom stereocenters. The predicted molar refractivity (Wildman–Crippen MR) is 159 cm³/mol. The molecule has 1 saturated carbocycles. The highest BCUT2D eigenvalue weighted by molar-refractivity contribution is 8.26. The number of nitrogens with zero attached hydrogens (tertiary/aromatic N) is 4. The molecule has 202 valence electrons. The standard InChI is InChI=1S/C29H30N4O3S3/c34-28-26(38-29(37)33(28)24-13-5-2-6-14-24)19-22-20-32(23-11-3-1-4-12-23)30-27(22)21-10-9-15-25(18-21)39(35,36)31-16-7-8-17-31/h1,3-4,9-12,15,18-20,24H,2,5-8,13-14,16-17H2/b26-19-. The van der Waals surface area contributed by atoms with Crippen molar-refractivity contribution in [2.45, 2.75) is 55.9 Å². The van der Waals surface area contributed by atoms with E-state index in [0.29, 0.717) is 33.6 Å². The Morgan fingerprint density at radius 1 is 0.949 bits per heavy atom. The molecule has 3 fully saturated rings. The minimum absolute atomic E-state index is 0.0549. The first-order chi connectivity index (χ1) is 18.9. The van der Waals surface area contributed by atoms with Gasteiger partial charge in [-0.05, 0) is 56.0 Å². The molecule has 1 aliphatic carbocycles. The lowest BCUT2D eigenvalue weighted by Gasteiger charge is -2.29. The number of hydrogen-bond acceptors (Lipinski definition) is 6. The van der Waals surface area contributed by atoms with Crippen LogP contribution in [0.25, 0.3) is 23.0 Å². The van der Waals surface area contributed by atoms with E-state index < -0.39 is 10.0 Å². The van der Waals surface area contributed by atoms with Crippen molar-refractivity contribution >= 4 is 50.3 Å². The van der Waals surface area contributed by atoms with E-state index >= 15 is 0 Å². The van der Waals surface area contributed by atoms with Gasteiger partial charge in [0.1, 0.15) is 10.0 Å². The molecule has 2 aromatic carbocycles. The van der Waals surface area contributed by atoms with Gasteiger partial charge in [0.2, 0.25) is 10.0 Å². The summed E-state index contributed by atoms with van der Waals surface area (Å²) in [5.74, 6) is -0.0549. The van der Waals surface area contributed by atoms with Crippen LogP contribution in [0, 0.1) is 0 Å². The Morgan fingerprint density at radius 2 is 1.69 bits per heavy atom. The molecule has 6 rings (SSSR count). The van der Waals surface area contributed by atoms with Gasteiger partial charge >= 0.3 is 0 Å². The fourth-order valence-corrected chi connectivity index (χ4v) is 8.54. The van der Waals surface area contributed by atoms with Gasteiger partial charge in [0, 0.05) is 36.5 Å².